The van der Waals surface area contributed by atoms with Crippen LogP contribution in [-0.2, 0) is 0 Å². The summed E-state index contributed by atoms with van der Waals surface area (Å²) in [7, 11) is 6.27. The van der Waals surface area contributed by atoms with Crippen LogP contribution >= 0.6 is 0 Å². The van der Waals surface area contributed by atoms with Gasteiger partial charge < -0.3 is 23.5 Å². The monoisotopic (exact) mass is 342 g/mol. The molecule has 130 valence electrons. The van der Waals surface area contributed by atoms with Crippen LogP contribution in [0.3, 0.4) is 0 Å². The molecule has 0 saturated carbocycles. The molecule has 0 aliphatic carbocycles. The number of methoxy groups -OCH3 is 4. The quantitative estimate of drug-likeness (QED) is 0.679. The lowest BCUT2D eigenvalue weighted by atomic mass is 10.0. The predicted molar refractivity (Wildman–Crippen MR) is 91.4 cm³/mol. The molecule has 7 nitrogen and oxygen atoms in total. The average molecular weight is 342 g/mol. The third-order valence-corrected chi connectivity index (χ3v) is 3.76. The molecule has 0 aliphatic heterocycles. The van der Waals surface area contributed by atoms with Crippen LogP contribution in [0.1, 0.15) is 0 Å². The summed E-state index contributed by atoms with van der Waals surface area (Å²) in [5.74, 6) is 2.14. The van der Waals surface area contributed by atoms with Gasteiger partial charge in [-0.25, -0.2) is 4.98 Å². The Bertz CT molecular complexity index is 833. The van der Waals surface area contributed by atoms with Crippen molar-refractivity contribution >= 4 is 0 Å². The molecule has 0 aliphatic rings. The van der Waals surface area contributed by atoms with Crippen molar-refractivity contribution in [2.45, 2.75) is 0 Å². The van der Waals surface area contributed by atoms with Crippen LogP contribution in [0.2, 0.25) is 0 Å². The van der Waals surface area contributed by atoms with Gasteiger partial charge in [0.25, 0.3) is 0 Å². The van der Waals surface area contributed by atoms with Gasteiger partial charge in [0.15, 0.2) is 11.5 Å². The molecule has 0 atom stereocenters. The fraction of sp³-hybridized carbons (Fsp3) is 0.222. The number of benzene rings is 1. The average Bonchev–Trinajstić information content (AvgIpc) is 3.16. The molecule has 0 bridgehead atoms. The molecule has 0 amide bonds. The van der Waals surface area contributed by atoms with E-state index in [9.17, 15) is 0 Å². The number of pyridine rings is 1. The minimum atomic E-state index is 0.518. The molecular weight excluding hydrogens is 324 g/mol. The van der Waals surface area contributed by atoms with Crippen LogP contribution in [0.4, 0.5) is 0 Å². The Morgan fingerprint density at radius 2 is 1.56 bits per heavy atom. The molecular formula is C18H18N2O5. The Labute approximate surface area is 145 Å². The molecule has 3 aromatic rings. The smallest absolute Gasteiger partial charge is 0.212 e. The van der Waals surface area contributed by atoms with E-state index < -0.39 is 0 Å². The Morgan fingerprint density at radius 3 is 2.08 bits per heavy atom. The summed E-state index contributed by atoms with van der Waals surface area (Å²) in [5.41, 5.74) is 3.07. The van der Waals surface area contributed by atoms with E-state index >= 15 is 0 Å². The van der Waals surface area contributed by atoms with Gasteiger partial charge in [-0.3, -0.25) is 0 Å². The fourth-order valence-corrected chi connectivity index (χ4v) is 2.53. The van der Waals surface area contributed by atoms with Gasteiger partial charge in [-0.15, -0.1) is 0 Å². The molecule has 25 heavy (non-hydrogen) atoms. The maximum Gasteiger partial charge on any atom is 0.212 e. The lowest BCUT2D eigenvalue weighted by molar-refractivity contribution is 0.324. The van der Waals surface area contributed by atoms with Crippen molar-refractivity contribution in [1.82, 2.24) is 10.1 Å². The van der Waals surface area contributed by atoms with Crippen molar-refractivity contribution in [2.24, 2.45) is 0 Å². The second-order valence-electron chi connectivity index (χ2n) is 5.08. The Hall–Kier alpha value is -3.22. The van der Waals surface area contributed by atoms with Crippen LogP contribution in [0.25, 0.3) is 22.4 Å². The Balaban J connectivity index is 2.10. The van der Waals surface area contributed by atoms with Crippen LogP contribution in [0.15, 0.2) is 41.2 Å². The highest BCUT2D eigenvalue weighted by atomic mass is 16.5. The maximum absolute atomic E-state index is 5.40. The topological polar surface area (TPSA) is 75.8 Å². The highest BCUT2D eigenvalue weighted by Crippen LogP contribution is 2.42. The van der Waals surface area contributed by atoms with E-state index in [2.05, 4.69) is 10.1 Å². The molecule has 0 unspecified atom stereocenters. The lowest BCUT2D eigenvalue weighted by Gasteiger charge is -2.13. The van der Waals surface area contributed by atoms with Crippen LogP contribution in [0, 0.1) is 0 Å². The van der Waals surface area contributed by atoms with E-state index in [0.717, 1.165) is 16.7 Å². The van der Waals surface area contributed by atoms with Crippen molar-refractivity contribution in [1.29, 1.82) is 0 Å². The number of nitrogens with zero attached hydrogens (tertiary/aromatic N) is 2. The van der Waals surface area contributed by atoms with Gasteiger partial charge in [-0.05, 0) is 18.2 Å². The molecule has 0 saturated heterocycles. The molecule has 0 spiro atoms. The molecule has 2 aromatic heterocycles. The SMILES string of the molecule is COc1ccc(-c2conc2-c2cc(OC)c(OC)c(OC)c2)cn1. The van der Waals surface area contributed by atoms with Gasteiger partial charge in [-0.1, -0.05) is 5.16 Å². The van der Waals surface area contributed by atoms with E-state index in [4.69, 9.17) is 23.5 Å². The number of hydrogen-bond donors (Lipinski definition) is 0. The van der Waals surface area contributed by atoms with Crippen LogP contribution in [0.5, 0.6) is 23.1 Å². The van der Waals surface area contributed by atoms with Gasteiger partial charge in [0, 0.05) is 23.4 Å². The third kappa shape index (κ3) is 3.08. The maximum atomic E-state index is 5.40. The largest absolute Gasteiger partial charge is 0.493 e. The van der Waals surface area contributed by atoms with Crippen molar-refractivity contribution in [2.75, 3.05) is 28.4 Å². The fourth-order valence-electron chi connectivity index (χ4n) is 2.53. The van der Waals surface area contributed by atoms with Gasteiger partial charge in [-0.2, -0.15) is 0 Å². The van der Waals surface area contributed by atoms with Gasteiger partial charge >= 0.3 is 0 Å². The first-order valence-electron chi connectivity index (χ1n) is 7.47. The second kappa shape index (κ2) is 7.12. The van der Waals surface area contributed by atoms with Gasteiger partial charge in [0.05, 0.1) is 34.0 Å². The zero-order chi connectivity index (χ0) is 17.8. The first-order chi connectivity index (χ1) is 12.2. The number of hydrogen-bond acceptors (Lipinski definition) is 7. The summed E-state index contributed by atoms with van der Waals surface area (Å²) >= 11 is 0. The number of rotatable bonds is 6. The molecule has 1 aromatic carbocycles. The molecule has 0 N–H and O–H groups in total. The molecule has 2 heterocycles. The number of ether oxygens (including phenoxy) is 4. The summed E-state index contributed by atoms with van der Waals surface area (Å²) in [4.78, 5) is 4.22. The standard InChI is InChI=1S/C18H18N2O5/c1-21-14-7-12(8-15(22-2)18(14)24-4)17-13(10-25-20-17)11-5-6-16(23-3)19-9-11/h5-10H,1-4H3. The first-order valence-corrected chi connectivity index (χ1v) is 7.47. The van der Waals surface area contributed by atoms with E-state index in [1.54, 1.807) is 47.0 Å². The van der Waals surface area contributed by atoms with Crippen LogP contribution in [-0.4, -0.2) is 38.6 Å². The van der Waals surface area contributed by atoms with E-state index in [0.29, 0.717) is 28.8 Å². The normalized spacial score (nSPS) is 10.4. The van der Waals surface area contributed by atoms with E-state index in [-0.39, 0.29) is 0 Å². The summed E-state index contributed by atoms with van der Waals surface area (Å²) in [6.07, 6.45) is 3.27. The predicted octanol–water partition coefficient (Wildman–Crippen LogP) is 3.44. The number of aromatic nitrogens is 2. The molecule has 0 radical (unpaired) electrons. The van der Waals surface area contributed by atoms with Crippen LogP contribution < -0.4 is 18.9 Å². The van der Waals surface area contributed by atoms with E-state index in [1.807, 2.05) is 18.2 Å². The summed E-state index contributed by atoms with van der Waals surface area (Å²) in [6.45, 7) is 0. The summed E-state index contributed by atoms with van der Waals surface area (Å²) in [5, 5.41) is 4.13. The Kier molecular flexibility index (Phi) is 4.74. The van der Waals surface area contributed by atoms with Gasteiger partial charge in [0.1, 0.15) is 12.0 Å². The highest BCUT2D eigenvalue weighted by Gasteiger charge is 2.19. The summed E-state index contributed by atoms with van der Waals surface area (Å²) in [6, 6.07) is 7.31. The molecule has 3 rings (SSSR count). The molecule has 7 heteroatoms. The minimum Gasteiger partial charge on any atom is -0.493 e. The molecule has 0 fully saturated rings. The zero-order valence-electron chi connectivity index (χ0n) is 14.4. The van der Waals surface area contributed by atoms with E-state index in [1.165, 1.54) is 0 Å². The third-order valence-electron chi connectivity index (χ3n) is 3.76. The summed E-state index contributed by atoms with van der Waals surface area (Å²) < 4.78 is 26.4. The second-order valence-corrected chi connectivity index (χ2v) is 5.08. The van der Waals surface area contributed by atoms with Crippen molar-refractivity contribution in [3.05, 3.63) is 36.7 Å². The van der Waals surface area contributed by atoms with Gasteiger partial charge in [0.2, 0.25) is 11.6 Å². The van der Waals surface area contributed by atoms with Crippen molar-refractivity contribution in [3.8, 4) is 45.5 Å². The van der Waals surface area contributed by atoms with Crippen molar-refractivity contribution < 1.29 is 23.5 Å². The highest BCUT2D eigenvalue weighted by molar-refractivity contribution is 5.81. The zero-order valence-corrected chi connectivity index (χ0v) is 14.4. The minimum absolute atomic E-state index is 0.518. The lowest BCUT2D eigenvalue weighted by Crippen LogP contribution is -1.96. The Morgan fingerprint density at radius 1 is 0.840 bits per heavy atom. The van der Waals surface area contributed by atoms with Crippen molar-refractivity contribution in [3.63, 3.8) is 0 Å². The first kappa shape index (κ1) is 16.6.